The van der Waals surface area contributed by atoms with Gasteiger partial charge in [-0.3, -0.25) is 0 Å². The molecule has 0 aliphatic carbocycles. The smallest absolute Gasteiger partial charge is 0.450 e. The van der Waals surface area contributed by atoms with Gasteiger partial charge in [0.05, 0.1) is 0 Å². The molecule has 0 aromatic carbocycles. The number of hydrogen-bond acceptors (Lipinski definition) is 16. The minimum atomic E-state index is -2.51. The Morgan fingerprint density at radius 2 is 0.769 bits per heavy atom. The highest BCUT2D eigenvalue weighted by atomic mass is 33.7. The van der Waals surface area contributed by atoms with Crippen molar-refractivity contribution in [2.45, 2.75) is 68.2 Å². The van der Waals surface area contributed by atoms with Crippen molar-refractivity contribution in [2.24, 2.45) is 0 Å². The van der Waals surface area contributed by atoms with Crippen LogP contribution in [-0.2, 0) is 26.6 Å². The van der Waals surface area contributed by atoms with Crippen molar-refractivity contribution >= 4 is 103 Å². The topological polar surface area (TPSA) is 148 Å². The Morgan fingerprint density at radius 3 is 0.949 bits per heavy atom. The summed E-state index contributed by atoms with van der Waals surface area (Å²) >= 11 is 0. The lowest BCUT2D eigenvalue weighted by atomic mass is 10.6. The van der Waals surface area contributed by atoms with E-state index in [4.69, 9.17) is 41.6 Å². The first-order chi connectivity index (χ1) is 18.2. The van der Waals surface area contributed by atoms with E-state index in [1.807, 2.05) is 63.1 Å². The number of rotatable bonds is 24. The molecule has 10 nitrogen and oxygen atoms in total. The maximum Gasteiger partial charge on any atom is 0.585 e. The van der Waals surface area contributed by atoms with Gasteiger partial charge < -0.3 is 42.9 Å². The lowest BCUT2D eigenvalue weighted by Crippen LogP contribution is -2.42. The zero-order valence-corrected chi connectivity index (χ0v) is 32.8. The maximum atomic E-state index is 8.56. The summed E-state index contributed by atoms with van der Waals surface area (Å²) in [7, 11) is 8.91. The molecule has 0 fully saturated rings. The summed E-state index contributed by atoms with van der Waals surface area (Å²) in [6.45, 7) is 20.0. The predicted molar refractivity (Wildman–Crippen MR) is 188 cm³/mol. The molecule has 0 rings (SSSR count). The summed E-state index contributed by atoms with van der Waals surface area (Å²) in [6, 6.07) is 0. The molecule has 0 atom stereocenters. The summed E-state index contributed by atoms with van der Waals surface area (Å²) in [4.78, 5) is 8.56. The van der Waals surface area contributed by atoms with Gasteiger partial charge >= 0.3 is 22.1 Å². The van der Waals surface area contributed by atoms with Gasteiger partial charge in [-0.2, -0.15) is 0 Å². The van der Waals surface area contributed by atoms with Gasteiger partial charge in [-0.15, -0.1) is 0 Å². The highest BCUT2D eigenvalue weighted by Gasteiger charge is 2.44. The van der Waals surface area contributed by atoms with E-state index in [-0.39, 0.29) is 6.15 Å². The van der Waals surface area contributed by atoms with E-state index in [2.05, 4.69) is 13.8 Å². The average molecular weight is 748 g/mol. The molecule has 0 bridgehead atoms. The second-order valence-electron chi connectivity index (χ2n) is 5.96. The Balaban J connectivity index is -0.000000270. The highest BCUT2D eigenvalue weighted by molar-refractivity contribution is 9.29. The van der Waals surface area contributed by atoms with Crippen LogP contribution in [0.25, 0.3) is 0 Å². The van der Waals surface area contributed by atoms with Gasteiger partial charge in [0.25, 0.3) is 0 Å². The zero-order chi connectivity index (χ0) is 29.5. The normalized spacial score (nSPS) is 11.1. The molecule has 0 aliphatic rings. The van der Waals surface area contributed by atoms with Crippen LogP contribution in [0.2, 0.25) is 0 Å². The SMILES string of the molecule is CCCSSSS[Si](OCC)(OCC)OCC.CCCSSSS[Si](OCC)(OCC)OCC.N.O=C(O)O. The van der Waals surface area contributed by atoms with Crippen LogP contribution in [0.3, 0.4) is 0 Å². The lowest BCUT2D eigenvalue weighted by Gasteiger charge is -2.26. The Hall–Kier alpha value is 2.22. The van der Waals surface area contributed by atoms with Crippen molar-refractivity contribution in [1.29, 1.82) is 0 Å². The van der Waals surface area contributed by atoms with Gasteiger partial charge in [0.15, 0.2) is 0 Å². The van der Waals surface area contributed by atoms with Crippen LogP contribution in [0.1, 0.15) is 68.2 Å². The van der Waals surface area contributed by atoms with Gasteiger partial charge in [-0.1, -0.05) is 35.4 Å². The third kappa shape index (κ3) is 33.0. The highest BCUT2D eigenvalue weighted by Crippen LogP contribution is 2.49. The van der Waals surface area contributed by atoms with Crippen LogP contribution in [0, 0.1) is 0 Å². The molecule has 0 amide bonds. The van der Waals surface area contributed by atoms with E-state index in [1.54, 1.807) is 59.8 Å². The summed E-state index contributed by atoms with van der Waals surface area (Å²) in [6.07, 6.45) is 0.571. The largest absolute Gasteiger partial charge is 0.585 e. The molecule has 20 heteroatoms. The first-order valence-corrected chi connectivity index (χ1v) is 27.1. The standard InChI is InChI=1S/2C9H22O3S4Si.CH2O3.H3N/c2*1-5-9-13-14-15-16-17(10-6-2,11-7-3)12-8-4;2-1(3)4;/h2*5-9H2,1-4H3;(H2,2,3,4);1H3. The first-order valence-electron chi connectivity index (χ1n) is 12.3. The Kier molecular flexibility index (Phi) is 44.9. The van der Waals surface area contributed by atoms with Gasteiger partial charge in [-0.25, -0.2) is 4.79 Å². The van der Waals surface area contributed by atoms with Crippen LogP contribution in [0.5, 0.6) is 0 Å². The van der Waals surface area contributed by atoms with E-state index in [0.717, 1.165) is 0 Å². The fraction of sp³-hybridized carbons (Fsp3) is 0.947. The second kappa shape index (κ2) is 36.4. The van der Waals surface area contributed by atoms with Crippen molar-refractivity contribution < 1.29 is 41.6 Å². The predicted octanol–water partition coefficient (Wildman–Crippen LogP) is 9.62. The summed E-state index contributed by atoms with van der Waals surface area (Å²) in [5.41, 5.74) is 0. The monoisotopic (exact) mass is 747 g/mol. The summed E-state index contributed by atoms with van der Waals surface area (Å²) < 4.78 is 34.4. The quantitative estimate of drug-likeness (QED) is 0.0488. The van der Waals surface area contributed by atoms with Crippen LogP contribution < -0.4 is 6.15 Å². The van der Waals surface area contributed by atoms with Gasteiger partial charge in [0, 0.05) is 51.1 Å². The first kappa shape index (κ1) is 48.1. The van der Waals surface area contributed by atoms with E-state index in [1.165, 1.54) is 24.3 Å². The average Bonchev–Trinajstić information content (AvgIpc) is 2.85. The fourth-order valence-electron chi connectivity index (χ4n) is 1.84. The molecule has 0 spiro atoms. The van der Waals surface area contributed by atoms with Crippen LogP contribution in [-0.4, -0.2) is 83.4 Å². The molecule has 0 radical (unpaired) electrons. The molecular formula is C19H49NO9S8Si2. The minimum absolute atomic E-state index is 0. The molecule has 0 unspecified atom stereocenters. The Bertz CT molecular complexity index is 442. The molecule has 0 saturated carbocycles. The van der Waals surface area contributed by atoms with Gasteiger partial charge in [0.2, 0.25) is 0 Å². The summed E-state index contributed by atoms with van der Waals surface area (Å²) in [5, 5.41) is 13.9. The molecule has 0 aromatic heterocycles. The third-order valence-electron chi connectivity index (χ3n) is 2.93. The molecule has 0 heterocycles. The molecule has 0 saturated heterocycles. The number of hydrogen-bond donors (Lipinski definition) is 3. The zero-order valence-electron chi connectivity index (χ0n) is 24.3. The van der Waals surface area contributed by atoms with Crippen LogP contribution >= 0.6 is 81.4 Å². The molecule has 0 aliphatic heterocycles. The van der Waals surface area contributed by atoms with Crippen molar-refractivity contribution in [1.82, 2.24) is 6.15 Å². The molecule has 5 N–H and O–H groups in total. The Morgan fingerprint density at radius 1 is 0.538 bits per heavy atom. The number of carboxylic acid groups (broad SMARTS) is 2. The van der Waals surface area contributed by atoms with Crippen LogP contribution in [0.4, 0.5) is 4.79 Å². The fourth-order valence-corrected chi connectivity index (χ4v) is 30.0. The van der Waals surface area contributed by atoms with E-state index >= 15 is 0 Å². The summed E-state index contributed by atoms with van der Waals surface area (Å²) in [5.74, 6) is 2.34. The minimum Gasteiger partial charge on any atom is -0.450 e. The molecule has 39 heavy (non-hydrogen) atoms. The van der Waals surface area contributed by atoms with Crippen molar-refractivity contribution in [3.8, 4) is 0 Å². The maximum absolute atomic E-state index is 8.56. The van der Waals surface area contributed by atoms with Gasteiger partial charge in [-0.05, 0) is 114 Å². The molecule has 0 aromatic rings. The van der Waals surface area contributed by atoms with E-state index in [9.17, 15) is 0 Å². The third-order valence-corrected chi connectivity index (χ3v) is 28.7. The van der Waals surface area contributed by atoms with Crippen LogP contribution in [0.15, 0.2) is 0 Å². The van der Waals surface area contributed by atoms with Crippen molar-refractivity contribution in [3.05, 3.63) is 0 Å². The number of carbonyl (C=O) groups is 1. The lowest BCUT2D eigenvalue weighted by molar-refractivity contribution is 0.0963. The van der Waals surface area contributed by atoms with Crippen molar-refractivity contribution in [3.63, 3.8) is 0 Å². The van der Waals surface area contributed by atoms with Crippen molar-refractivity contribution in [2.75, 3.05) is 51.1 Å². The second-order valence-corrected chi connectivity index (χ2v) is 26.8. The Labute approximate surface area is 268 Å². The van der Waals surface area contributed by atoms with Gasteiger partial charge in [0.1, 0.15) is 0 Å². The van der Waals surface area contributed by atoms with E-state index in [0.29, 0.717) is 39.6 Å². The van der Waals surface area contributed by atoms with E-state index < -0.39 is 22.1 Å². The molecular weight excluding hydrogens is 699 g/mol. The molecule has 240 valence electrons.